The average Bonchev–Trinajstić information content (AvgIpc) is 2.94. The summed E-state index contributed by atoms with van der Waals surface area (Å²) in [5.74, 6) is -1.15. The number of amides is 2. The lowest BCUT2D eigenvalue weighted by Crippen LogP contribution is -2.43. The number of carbonyl (C=O) groups is 2. The summed E-state index contributed by atoms with van der Waals surface area (Å²) in [5, 5.41) is 24.8. The first kappa shape index (κ1) is 13.3. The Labute approximate surface area is 109 Å². The number of carboxylic acids is 1. The molecule has 8 nitrogen and oxygen atoms in total. The molecule has 1 aromatic rings. The van der Waals surface area contributed by atoms with Crippen LogP contribution in [-0.2, 0) is 11.8 Å². The van der Waals surface area contributed by atoms with E-state index < -0.39 is 24.1 Å². The summed E-state index contributed by atoms with van der Waals surface area (Å²) in [7, 11) is 1.67. The second kappa shape index (κ2) is 5.27. The molecule has 2 heterocycles. The van der Waals surface area contributed by atoms with Crippen LogP contribution in [0.25, 0.3) is 0 Å². The maximum atomic E-state index is 11.9. The van der Waals surface area contributed by atoms with Crippen molar-refractivity contribution < 1.29 is 19.8 Å². The fraction of sp³-hybridized carbons (Fsp3) is 0.545. The number of aliphatic carboxylic acids is 1. The summed E-state index contributed by atoms with van der Waals surface area (Å²) in [4.78, 5) is 24.5. The van der Waals surface area contributed by atoms with Gasteiger partial charge in [-0.3, -0.25) is 4.68 Å². The van der Waals surface area contributed by atoms with Gasteiger partial charge in [-0.05, 0) is 6.42 Å². The normalized spacial score (nSPS) is 20.3. The van der Waals surface area contributed by atoms with E-state index in [9.17, 15) is 14.7 Å². The van der Waals surface area contributed by atoms with Crippen molar-refractivity contribution in [3.05, 3.63) is 18.0 Å². The second-order valence-electron chi connectivity index (χ2n) is 4.56. The van der Waals surface area contributed by atoms with E-state index in [1.54, 1.807) is 7.05 Å². The molecule has 0 saturated carbocycles. The molecule has 0 radical (unpaired) electrons. The highest BCUT2D eigenvalue weighted by molar-refractivity contribution is 5.83. The minimum Gasteiger partial charge on any atom is -0.479 e. The Morgan fingerprint density at radius 1 is 1.58 bits per heavy atom. The molecule has 2 unspecified atom stereocenters. The highest BCUT2D eigenvalue weighted by Crippen LogP contribution is 2.14. The lowest BCUT2D eigenvalue weighted by molar-refractivity contribution is -0.139. The quantitative estimate of drug-likeness (QED) is 0.673. The third-order valence-electron chi connectivity index (χ3n) is 3.02. The largest absolute Gasteiger partial charge is 0.479 e. The van der Waals surface area contributed by atoms with E-state index in [1.807, 2.05) is 0 Å². The van der Waals surface area contributed by atoms with Crippen molar-refractivity contribution in [2.24, 2.45) is 7.05 Å². The molecule has 2 rings (SSSR count). The molecule has 19 heavy (non-hydrogen) atoms. The zero-order valence-electron chi connectivity index (χ0n) is 10.5. The molecule has 0 aromatic carbocycles. The summed E-state index contributed by atoms with van der Waals surface area (Å²) >= 11 is 0. The maximum Gasteiger partial charge on any atom is 0.331 e. The van der Waals surface area contributed by atoms with Crippen molar-refractivity contribution in [1.29, 1.82) is 0 Å². The first-order valence-corrected chi connectivity index (χ1v) is 5.92. The van der Waals surface area contributed by atoms with E-state index in [0.717, 1.165) is 0 Å². The van der Waals surface area contributed by atoms with E-state index in [2.05, 4.69) is 10.4 Å². The number of nitrogens with one attached hydrogen (secondary N) is 1. The van der Waals surface area contributed by atoms with Gasteiger partial charge in [-0.25, -0.2) is 9.59 Å². The molecule has 3 N–H and O–H groups in total. The average molecular weight is 268 g/mol. The lowest BCUT2D eigenvalue weighted by Gasteiger charge is -2.19. The minimum atomic E-state index is -1.15. The zero-order valence-corrected chi connectivity index (χ0v) is 10.5. The number of rotatable bonds is 3. The molecule has 1 aliphatic rings. The van der Waals surface area contributed by atoms with E-state index >= 15 is 0 Å². The number of nitrogens with zero attached hydrogens (tertiary/aromatic N) is 3. The summed E-state index contributed by atoms with van der Waals surface area (Å²) in [6, 6.07) is -1.63. The predicted molar refractivity (Wildman–Crippen MR) is 64.3 cm³/mol. The van der Waals surface area contributed by atoms with Crippen LogP contribution in [0.1, 0.15) is 18.0 Å². The van der Waals surface area contributed by atoms with Crippen molar-refractivity contribution in [2.45, 2.75) is 18.6 Å². The van der Waals surface area contributed by atoms with Gasteiger partial charge in [0.25, 0.3) is 0 Å². The Balaban J connectivity index is 2.05. The molecule has 0 spiro atoms. The summed E-state index contributed by atoms with van der Waals surface area (Å²) < 4.78 is 1.47. The lowest BCUT2D eigenvalue weighted by atomic mass is 10.1. The van der Waals surface area contributed by atoms with Crippen LogP contribution in [0.3, 0.4) is 0 Å². The van der Waals surface area contributed by atoms with Crippen LogP contribution < -0.4 is 5.32 Å². The van der Waals surface area contributed by atoms with Crippen molar-refractivity contribution >= 4 is 12.0 Å². The van der Waals surface area contributed by atoms with Gasteiger partial charge in [0.05, 0.1) is 12.3 Å². The fourth-order valence-electron chi connectivity index (χ4n) is 2.02. The van der Waals surface area contributed by atoms with Gasteiger partial charge in [0.2, 0.25) is 0 Å². The van der Waals surface area contributed by atoms with Gasteiger partial charge < -0.3 is 20.4 Å². The SMILES string of the molecule is Cn1cc(C(NC(=O)N2CCC(O)C2)C(=O)O)cn1. The van der Waals surface area contributed by atoms with E-state index in [0.29, 0.717) is 18.5 Å². The van der Waals surface area contributed by atoms with Gasteiger partial charge in [-0.2, -0.15) is 5.10 Å². The van der Waals surface area contributed by atoms with E-state index in [1.165, 1.54) is 22.0 Å². The predicted octanol–water partition coefficient (Wildman–Crippen LogP) is -0.678. The van der Waals surface area contributed by atoms with Crippen molar-refractivity contribution in [1.82, 2.24) is 20.0 Å². The molecule has 2 atom stereocenters. The molecule has 2 amide bonds. The third-order valence-corrected chi connectivity index (χ3v) is 3.02. The highest BCUT2D eigenvalue weighted by atomic mass is 16.4. The molecule has 1 aromatic heterocycles. The van der Waals surface area contributed by atoms with E-state index in [4.69, 9.17) is 5.11 Å². The first-order valence-electron chi connectivity index (χ1n) is 5.92. The topological polar surface area (TPSA) is 108 Å². The Kier molecular flexibility index (Phi) is 3.70. The molecule has 0 bridgehead atoms. The third kappa shape index (κ3) is 3.02. The smallest absolute Gasteiger partial charge is 0.331 e. The van der Waals surface area contributed by atoms with Gasteiger partial charge in [0.1, 0.15) is 0 Å². The van der Waals surface area contributed by atoms with Crippen LogP contribution in [0.2, 0.25) is 0 Å². The Bertz CT molecular complexity index is 487. The molecule has 1 aliphatic heterocycles. The van der Waals surface area contributed by atoms with Crippen molar-refractivity contribution in [3.63, 3.8) is 0 Å². The number of aryl methyl sites for hydroxylation is 1. The first-order chi connectivity index (χ1) is 8.97. The number of carbonyl (C=O) groups excluding carboxylic acids is 1. The minimum absolute atomic E-state index is 0.227. The maximum absolute atomic E-state index is 11.9. The Hall–Kier alpha value is -2.09. The van der Waals surface area contributed by atoms with Gasteiger partial charge in [0.15, 0.2) is 6.04 Å². The summed E-state index contributed by atoms with van der Waals surface area (Å²) in [6.45, 7) is 0.650. The number of likely N-dealkylation sites (tertiary alicyclic amines) is 1. The summed E-state index contributed by atoms with van der Waals surface area (Å²) in [6.07, 6.45) is 2.92. The Morgan fingerprint density at radius 3 is 2.79 bits per heavy atom. The van der Waals surface area contributed by atoms with Crippen LogP contribution in [0.15, 0.2) is 12.4 Å². The van der Waals surface area contributed by atoms with Crippen LogP contribution >= 0.6 is 0 Å². The molecular formula is C11H16N4O4. The number of urea groups is 1. The molecule has 1 fully saturated rings. The standard InChI is InChI=1S/C11H16N4O4/c1-14-5-7(4-12-14)9(10(17)18)13-11(19)15-3-2-8(16)6-15/h4-5,8-9,16H,2-3,6H2,1H3,(H,13,19)(H,17,18). The molecular weight excluding hydrogens is 252 g/mol. The number of hydrogen-bond donors (Lipinski definition) is 3. The van der Waals surface area contributed by atoms with Crippen molar-refractivity contribution in [2.75, 3.05) is 13.1 Å². The highest BCUT2D eigenvalue weighted by Gasteiger charge is 2.29. The number of aliphatic hydroxyl groups is 1. The van der Waals surface area contributed by atoms with Crippen LogP contribution in [-0.4, -0.2) is 56.1 Å². The number of β-amino-alcohol motifs (C(OH)–C–C–N with tert-alkyl or cyclic N) is 1. The van der Waals surface area contributed by atoms with Crippen LogP contribution in [0.5, 0.6) is 0 Å². The summed E-state index contributed by atoms with van der Waals surface area (Å²) in [5.41, 5.74) is 0.406. The Morgan fingerprint density at radius 2 is 2.32 bits per heavy atom. The number of aliphatic hydroxyl groups excluding tert-OH is 1. The van der Waals surface area contributed by atoms with Gasteiger partial charge in [-0.15, -0.1) is 0 Å². The number of hydrogen-bond acceptors (Lipinski definition) is 4. The molecule has 104 valence electrons. The zero-order chi connectivity index (χ0) is 14.0. The van der Waals surface area contributed by atoms with Gasteiger partial charge >= 0.3 is 12.0 Å². The second-order valence-corrected chi connectivity index (χ2v) is 4.56. The van der Waals surface area contributed by atoms with Gasteiger partial charge in [0, 0.05) is 31.9 Å². The monoisotopic (exact) mass is 268 g/mol. The molecule has 8 heteroatoms. The van der Waals surface area contributed by atoms with Crippen molar-refractivity contribution in [3.8, 4) is 0 Å². The molecule has 0 aliphatic carbocycles. The number of aromatic nitrogens is 2. The molecule has 1 saturated heterocycles. The van der Waals surface area contributed by atoms with E-state index in [-0.39, 0.29) is 6.54 Å². The number of carboxylic acid groups (broad SMARTS) is 1. The van der Waals surface area contributed by atoms with Gasteiger partial charge in [-0.1, -0.05) is 0 Å². The fourth-order valence-corrected chi connectivity index (χ4v) is 2.02. The van der Waals surface area contributed by atoms with Crippen LogP contribution in [0, 0.1) is 0 Å². The van der Waals surface area contributed by atoms with Crippen LogP contribution in [0.4, 0.5) is 4.79 Å².